The van der Waals surface area contributed by atoms with Gasteiger partial charge in [0.05, 0.1) is 17.1 Å². The number of anilines is 1. The zero-order chi connectivity index (χ0) is 23.7. The summed E-state index contributed by atoms with van der Waals surface area (Å²) in [6, 6.07) is 10.2. The summed E-state index contributed by atoms with van der Waals surface area (Å²) in [5.74, 6) is 1.51. The summed E-state index contributed by atoms with van der Waals surface area (Å²) in [4.78, 5) is 33.3. The fraction of sp³-hybridized carbons (Fsp3) is 0.440. The monoisotopic (exact) mass is 495 g/mol. The molecule has 178 valence electrons. The van der Waals surface area contributed by atoms with Crippen molar-refractivity contribution in [3.8, 4) is 0 Å². The molecule has 3 aromatic rings. The van der Waals surface area contributed by atoms with Crippen molar-refractivity contribution in [3.05, 3.63) is 57.7 Å². The minimum Gasteiger partial charge on any atom is -0.342 e. The lowest BCUT2D eigenvalue weighted by Crippen LogP contribution is -2.38. The van der Waals surface area contributed by atoms with Crippen LogP contribution in [0.1, 0.15) is 64.3 Å². The van der Waals surface area contributed by atoms with Crippen LogP contribution in [-0.4, -0.2) is 50.8 Å². The lowest BCUT2D eigenvalue weighted by atomic mass is 9.97. The Kier molecular flexibility index (Phi) is 6.74. The highest BCUT2D eigenvalue weighted by atomic mass is 32.2. The van der Waals surface area contributed by atoms with Crippen molar-refractivity contribution in [1.29, 1.82) is 0 Å². The van der Waals surface area contributed by atoms with E-state index in [2.05, 4.69) is 27.5 Å². The average Bonchev–Trinajstić information content (AvgIpc) is 3.47. The fourth-order valence-electron chi connectivity index (χ4n) is 4.35. The number of piperidine rings is 1. The van der Waals surface area contributed by atoms with Gasteiger partial charge in [-0.1, -0.05) is 12.1 Å². The lowest BCUT2D eigenvalue weighted by molar-refractivity contribution is -0.131. The largest absolute Gasteiger partial charge is 0.342 e. The third kappa shape index (κ3) is 5.20. The number of benzene rings is 1. The van der Waals surface area contributed by atoms with Gasteiger partial charge in [0.25, 0.3) is 5.91 Å². The second kappa shape index (κ2) is 9.92. The molecule has 1 saturated carbocycles. The van der Waals surface area contributed by atoms with Crippen molar-refractivity contribution >= 4 is 40.7 Å². The molecule has 3 heterocycles. The Balaban J connectivity index is 1.14. The van der Waals surface area contributed by atoms with Crippen LogP contribution in [-0.2, 0) is 18.3 Å². The quantitative estimate of drug-likeness (QED) is 0.482. The Morgan fingerprint density at radius 2 is 1.85 bits per heavy atom. The van der Waals surface area contributed by atoms with Crippen LogP contribution >= 0.6 is 23.1 Å². The Morgan fingerprint density at radius 3 is 2.53 bits per heavy atom. The van der Waals surface area contributed by atoms with Crippen molar-refractivity contribution in [2.75, 3.05) is 24.7 Å². The van der Waals surface area contributed by atoms with E-state index in [4.69, 9.17) is 0 Å². The highest BCUT2D eigenvalue weighted by molar-refractivity contribution is 7.98. The number of thiazole rings is 1. The molecule has 0 atom stereocenters. The van der Waals surface area contributed by atoms with E-state index in [1.807, 2.05) is 41.8 Å². The zero-order valence-corrected chi connectivity index (χ0v) is 21.1. The number of hydrogen-bond acceptors (Lipinski definition) is 6. The number of rotatable bonds is 7. The number of nitrogens with one attached hydrogen (secondary N) is 1. The molecule has 1 aromatic carbocycles. The van der Waals surface area contributed by atoms with E-state index < -0.39 is 0 Å². The van der Waals surface area contributed by atoms with Crippen LogP contribution in [0.3, 0.4) is 0 Å². The summed E-state index contributed by atoms with van der Waals surface area (Å²) in [6.45, 7) is 1.46. The SMILES string of the molecule is CSc1ccc(CC(=O)N2CCC(c3nc(C(=O)Nc4cc(C5CC5)nn4C)cs3)CC2)cc1. The summed E-state index contributed by atoms with van der Waals surface area (Å²) >= 11 is 3.24. The van der Waals surface area contributed by atoms with Gasteiger partial charge in [0, 0.05) is 48.3 Å². The van der Waals surface area contributed by atoms with Gasteiger partial charge >= 0.3 is 0 Å². The molecule has 0 bridgehead atoms. The molecule has 1 aliphatic heterocycles. The molecule has 9 heteroatoms. The molecule has 34 heavy (non-hydrogen) atoms. The third-order valence-corrected chi connectivity index (χ3v) is 8.35. The Hall–Kier alpha value is -2.65. The number of aromatic nitrogens is 3. The normalized spacial score (nSPS) is 16.6. The van der Waals surface area contributed by atoms with E-state index in [1.54, 1.807) is 16.4 Å². The predicted molar refractivity (Wildman–Crippen MR) is 136 cm³/mol. The molecule has 5 rings (SSSR count). The Morgan fingerprint density at radius 1 is 1.12 bits per heavy atom. The smallest absolute Gasteiger partial charge is 0.276 e. The van der Waals surface area contributed by atoms with Gasteiger partial charge in [0.2, 0.25) is 5.91 Å². The van der Waals surface area contributed by atoms with Crippen molar-refractivity contribution in [3.63, 3.8) is 0 Å². The van der Waals surface area contributed by atoms with Crippen LogP contribution in [0.25, 0.3) is 0 Å². The molecule has 1 saturated heterocycles. The van der Waals surface area contributed by atoms with Crippen molar-refractivity contribution in [2.45, 2.75) is 48.8 Å². The Bertz CT molecular complexity index is 1170. The van der Waals surface area contributed by atoms with Crippen LogP contribution in [0.5, 0.6) is 0 Å². The van der Waals surface area contributed by atoms with E-state index in [0.29, 0.717) is 23.9 Å². The number of carbonyl (C=O) groups excluding carboxylic acids is 2. The maximum Gasteiger partial charge on any atom is 0.276 e. The molecule has 2 fully saturated rings. The van der Waals surface area contributed by atoms with Crippen LogP contribution < -0.4 is 5.32 Å². The number of carbonyl (C=O) groups is 2. The standard InChI is InChI=1S/C25H29N5O2S2/c1-29-22(14-20(28-29)17-5-6-17)27-24(32)21-15-34-25(26-21)18-9-11-30(12-10-18)23(31)13-16-3-7-19(33-2)8-4-16/h3-4,7-8,14-15,17-18H,5-6,9-13H2,1-2H3,(H,27,32). The molecule has 0 spiro atoms. The van der Waals surface area contributed by atoms with Gasteiger partial charge in [-0.25, -0.2) is 4.98 Å². The summed E-state index contributed by atoms with van der Waals surface area (Å²) in [7, 11) is 1.85. The molecular formula is C25H29N5O2S2. The average molecular weight is 496 g/mol. The van der Waals surface area contributed by atoms with Crippen molar-refractivity contribution in [1.82, 2.24) is 19.7 Å². The first kappa shape index (κ1) is 23.1. The molecule has 2 aliphatic rings. The topological polar surface area (TPSA) is 80.1 Å². The third-order valence-electron chi connectivity index (χ3n) is 6.60. The first-order chi connectivity index (χ1) is 16.5. The summed E-state index contributed by atoms with van der Waals surface area (Å²) in [6.07, 6.45) is 6.59. The van der Waals surface area contributed by atoms with E-state index >= 15 is 0 Å². The maximum absolute atomic E-state index is 12.8. The second-order valence-electron chi connectivity index (χ2n) is 9.06. The predicted octanol–water partition coefficient (Wildman–Crippen LogP) is 4.68. The number of aryl methyl sites for hydroxylation is 1. The molecular weight excluding hydrogens is 466 g/mol. The van der Waals surface area contributed by atoms with Gasteiger partial charge in [0.15, 0.2) is 0 Å². The van der Waals surface area contributed by atoms with Gasteiger partial charge < -0.3 is 10.2 Å². The lowest BCUT2D eigenvalue weighted by Gasteiger charge is -2.31. The summed E-state index contributed by atoms with van der Waals surface area (Å²) < 4.78 is 1.72. The number of thioether (sulfide) groups is 1. The van der Waals surface area contributed by atoms with Gasteiger partial charge in [-0.3, -0.25) is 14.3 Å². The molecule has 1 aliphatic carbocycles. The molecule has 1 N–H and O–H groups in total. The summed E-state index contributed by atoms with van der Waals surface area (Å²) in [5, 5.41) is 10.3. The van der Waals surface area contributed by atoms with E-state index in [0.717, 1.165) is 42.2 Å². The van der Waals surface area contributed by atoms with Crippen LogP contribution in [0.15, 0.2) is 40.6 Å². The zero-order valence-electron chi connectivity index (χ0n) is 19.5. The number of nitrogens with zero attached hydrogens (tertiary/aromatic N) is 4. The van der Waals surface area contributed by atoms with Crippen LogP contribution in [0.2, 0.25) is 0 Å². The minimum absolute atomic E-state index is 0.177. The molecule has 0 radical (unpaired) electrons. The van der Waals surface area contributed by atoms with E-state index in [9.17, 15) is 9.59 Å². The fourth-order valence-corrected chi connectivity index (χ4v) is 5.73. The first-order valence-electron chi connectivity index (χ1n) is 11.7. The van der Waals surface area contributed by atoms with Gasteiger partial charge in [-0.2, -0.15) is 5.10 Å². The molecule has 2 aromatic heterocycles. The Labute approximate surface area is 208 Å². The second-order valence-corrected chi connectivity index (χ2v) is 10.8. The van der Waals surface area contributed by atoms with Gasteiger partial charge in [0.1, 0.15) is 11.5 Å². The maximum atomic E-state index is 12.8. The van der Waals surface area contributed by atoms with Crippen molar-refractivity contribution < 1.29 is 9.59 Å². The molecule has 7 nitrogen and oxygen atoms in total. The molecule has 2 amide bonds. The summed E-state index contributed by atoms with van der Waals surface area (Å²) in [5.41, 5.74) is 2.55. The number of amides is 2. The number of likely N-dealkylation sites (tertiary alicyclic amines) is 1. The van der Waals surface area contributed by atoms with Crippen molar-refractivity contribution in [2.24, 2.45) is 7.05 Å². The van der Waals surface area contributed by atoms with Gasteiger partial charge in [-0.05, 0) is 49.6 Å². The highest BCUT2D eigenvalue weighted by Gasteiger charge is 2.28. The minimum atomic E-state index is -0.201. The molecule has 0 unspecified atom stereocenters. The van der Waals surface area contributed by atoms with Gasteiger partial charge in [-0.15, -0.1) is 23.1 Å². The van der Waals surface area contributed by atoms with Crippen LogP contribution in [0, 0.1) is 0 Å². The van der Waals surface area contributed by atoms with E-state index in [1.165, 1.54) is 29.1 Å². The van der Waals surface area contributed by atoms with Crippen LogP contribution in [0.4, 0.5) is 5.82 Å². The van der Waals surface area contributed by atoms with E-state index in [-0.39, 0.29) is 17.7 Å². The first-order valence-corrected chi connectivity index (χ1v) is 13.8. The number of hydrogen-bond donors (Lipinski definition) is 1. The highest BCUT2D eigenvalue weighted by Crippen LogP contribution is 2.40.